The summed E-state index contributed by atoms with van der Waals surface area (Å²) in [5.74, 6) is -0.900. The third-order valence-electron chi connectivity index (χ3n) is 4.54. The van der Waals surface area contributed by atoms with E-state index in [0.717, 1.165) is 29.7 Å². The first-order valence-electron chi connectivity index (χ1n) is 8.07. The van der Waals surface area contributed by atoms with Crippen LogP contribution in [0, 0.1) is 0 Å². The van der Waals surface area contributed by atoms with Gasteiger partial charge in [0.15, 0.2) is 0 Å². The maximum atomic E-state index is 11.9. The Kier molecular flexibility index (Phi) is 3.67. The van der Waals surface area contributed by atoms with Gasteiger partial charge in [0.2, 0.25) is 0 Å². The molecule has 0 bridgehead atoms. The average Bonchev–Trinajstić information content (AvgIpc) is 2.99. The summed E-state index contributed by atoms with van der Waals surface area (Å²) in [6.45, 7) is 0.763. The minimum absolute atomic E-state index is 0.334. The molecule has 4 nitrogen and oxygen atoms in total. The Balaban J connectivity index is 1.84. The molecule has 2 heterocycles. The molecule has 0 saturated carbocycles. The summed E-state index contributed by atoms with van der Waals surface area (Å²) in [4.78, 5) is 15.3. The van der Waals surface area contributed by atoms with E-state index >= 15 is 0 Å². The number of hydrogen-bond acceptors (Lipinski definition) is 2. The molecular weight excluding hydrogens is 300 g/mol. The Morgan fingerprint density at radius 3 is 2.62 bits per heavy atom. The van der Waals surface area contributed by atoms with Crippen LogP contribution in [-0.2, 0) is 11.2 Å². The monoisotopic (exact) mass is 318 g/mol. The van der Waals surface area contributed by atoms with E-state index in [1.165, 1.54) is 10.9 Å². The van der Waals surface area contributed by atoms with Gasteiger partial charge in [-0.1, -0.05) is 48.5 Å². The Labute approximate surface area is 139 Å². The van der Waals surface area contributed by atoms with Gasteiger partial charge in [0.1, 0.15) is 0 Å². The van der Waals surface area contributed by atoms with Crippen molar-refractivity contribution in [1.82, 2.24) is 10.3 Å². The van der Waals surface area contributed by atoms with Gasteiger partial charge < -0.3 is 15.4 Å². The van der Waals surface area contributed by atoms with Crippen molar-refractivity contribution >= 4 is 22.9 Å². The maximum Gasteiger partial charge on any atom is 0.333 e. The van der Waals surface area contributed by atoms with Gasteiger partial charge in [-0.2, -0.15) is 0 Å². The lowest BCUT2D eigenvalue weighted by molar-refractivity contribution is -0.133. The zero-order valence-corrected chi connectivity index (χ0v) is 13.1. The number of H-pyrrole nitrogens is 1. The first-order valence-corrected chi connectivity index (χ1v) is 8.07. The van der Waals surface area contributed by atoms with E-state index in [9.17, 15) is 9.90 Å². The molecule has 3 N–H and O–H groups in total. The van der Waals surface area contributed by atoms with Gasteiger partial charge in [-0.15, -0.1) is 0 Å². The van der Waals surface area contributed by atoms with E-state index in [1.54, 1.807) is 6.08 Å². The summed E-state index contributed by atoms with van der Waals surface area (Å²) >= 11 is 0. The third kappa shape index (κ3) is 2.51. The number of hydrogen-bond donors (Lipinski definition) is 3. The molecule has 4 heteroatoms. The summed E-state index contributed by atoms with van der Waals surface area (Å²) in [6.07, 6.45) is 2.65. The molecule has 4 rings (SSSR count). The number of aromatic nitrogens is 1. The van der Waals surface area contributed by atoms with Crippen LogP contribution in [0.4, 0.5) is 0 Å². The molecule has 2 aromatic carbocycles. The zero-order chi connectivity index (χ0) is 16.5. The van der Waals surface area contributed by atoms with Crippen LogP contribution in [0.25, 0.3) is 17.0 Å². The number of para-hydroxylation sites is 1. The Morgan fingerprint density at radius 1 is 1.08 bits per heavy atom. The van der Waals surface area contributed by atoms with E-state index in [4.69, 9.17) is 0 Å². The van der Waals surface area contributed by atoms with Gasteiger partial charge in [-0.05, 0) is 29.7 Å². The topological polar surface area (TPSA) is 65.1 Å². The second kappa shape index (κ2) is 5.98. The van der Waals surface area contributed by atoms with Crippen LogP contribution in [0.2, 0.25) is 0 Å². The number of carboxylic acid groups (broad SMARTS) is 1. The summed E-state index contributed by atoms with van der Waals surface area (Å²) in [6, 6.07) is 17.4. The second-order valence-corrected chi connectivity index (χ2v) is 6.02. The highest BCUT2D eigenvalue weighted by atomic mass is 16.4. The fourth-order valence-electron chi connectivity index (χ4n) is 3.44. The highest BCUT2D eigenvalue weighted by molar-refractivity contribution is 5.95. The smallest absolute Gasteiger partial charge is 0.333 e. The normalized spacial score (nSPS) is 17.7. The first kappa shape index (κ1) is 14.7. The molecule has 0 aliphatic carbocycles. The molecular formula is C20H18N2O2. The molecule has 1 aromatic heterocycles. The fraction of sp³-hybridized carbons (Fsp3) is 0.150. The van der Waals surface area contributed by atoms with Crippen molar-refractivity contribution < 1.29 is 9.90 Å². The molecule has 0 saturated heterocycles. The van der Waals surface area contributed by atoms with Gasteiger partial charge >= 0.3 is 5.97 Å². The van der Waals surface area contributed by atoms with Crippen LogP contribution in [0.15, 0.2) is 60.2 Å². The van der Waals surface area contributed by atoms with Crippen molar-refractivity contribution in [2.24, 2.45) is 0 Å². The summed E-state index contributed by atoms with van der Waals surface area (Å²) in [5.41, 5.74) is 4.48. The minimum atomic E-state index is -0.900. The minimum Gasteiger partial charge on any atom is -0.478 e. The maximum absolute atomic E-state index is 11.9. The molecule has 1 unspecified atom stereocenters. The number of nitrogens with one attached hydrogen (secondary N) is 2. The summed E-state index contributed by atoms with van der Waals surface area (Å²) in [5, 5.41) is 14.3. The van der Waals surface area contributed by atoms with Crippen molar-refractivity contribution in [2.75, 3.05) is 6.54 Å². The van der Waals surface area contributed by atoms with Crippen LogP contribution in [-0.4, -0.2) is 22.6 Å². The van der Waals surface area contributed by atoms with Crippen LogP contribution in [0.5, 0.6) is 0 Å². The predicted molar refractivity (Wildman–Crippen MR) is 94.8 cm³/mol. The quantitative estimate of drug-likeness (QED) is 0.647. The van der Waals surface area contributed by atoms with E-state index in [1.807, 2.05) is 48.5 Å². The van der Waals surface area contributed by atoms with Gasteiger partial charge in [-0.25, -0.2) is 4.79 Å². The molecule has 3 aromatic rings. The lowest BCUT2D eigenvalue weighted by Gasteiger charge is -2.25. The van der Waals surface area contributed by atoms with Crippen molar-refractivity contribution in [3.8, 4) is 0 Å². The molecule has 1 aliphatic heterocycles. The van der Waals surface area contributed by atoms with Gasteiger partial charge in [0.25, 0.3) is 0 Å². The third-order valence-corrected chi connectivity index (χ3v) is 4.54. The molecule has 0 spiro atoms. The van der Waals surface area contributed by atoms with E-state index in [2.05, 4.69) is 16.4 Å². The van der Waals surface area contributed by atoms with Crippen molar-refractivity contribution in [2.45, 2.75) is 12.5 Å². The van der Waals surface area contributed by atoms with Crippen LogP contribution in [0.3, 0.4) is 0 Å². The van der Waals surface area contributed by atoms with Crippen LogP contribution >= 0.6 is 0 Å². The lowest BCUT2D eigenvalue weighted by Crippen LogP contribution is -2.33. The number of aromatic amines is 1. The molecule has 0 amide bonds. The Hall–Kier alpha value is -2.85. The number of fused-ring (bicyclic) bond motifs is 3. The molecule has 1 aliphatic rings. The predicted octanol–water partition coefficient (Wildman–Crippen LogP) is 3.52. The standard InChI is InChI=1S/C20H18N2O2/c23-20(24)16(12-13-6-2-1-3-7-13)18-19-15(10-11-21-18)14-8-4-5-9-17(14)22-19/h1-9,12,18,21-22H,10-11H2,(H,23,24). The van der Waals surface area contributed by atoms with Crippen molar-refractivity contribution in [3.63, 3.8) is 0 Å². The Bertz CT molecular complexity index is 925. The average molecular weight is 318 g/mol. The van der Waals surface area contributed by atoms with Crippen LogP contribution < -0.4 is 5.32 Å². The summed E-state index contributed by atoms with van der Waals surface area (Å²) in [7, 11) is 0. The van der Waals surface area contributed by atoms with E-state index in [-0.39, 0.29) is 6.04 Å². The second-order valence-electron chi connectivity index (χ2n) is 6.02. The van der Waals surface area contributed by atoms with Crippen LogP contribution in [0.1, 0.15) is 22.9 Å². The highest BCUT2D eigenvalue weighted by Crippen LogP contribution is 2.34. The highest BCUT2D eigenvalue weighted by Gasteiger charge is 2.29. The van der Waals surface area contributed by atoms with E-state index < -0.39 is 5.97 Å². The molecule has 0 fully saturated rings. The number of carboxylic acids is 1. The lowest BCUT2D eigenvalue weighted by atomic mass is 9.93. The van der Waals surface area contributed by atoms with Crippen molar-refractivity contribution in [1.29, 1.82) is 0 Å². The largest absolute Gasteiger partial charge is 0.478 e. The Morgan fingerprint density at radius 2 is 1.83 bits per heavy atom. The molecule has 0 radical (unpaired) electrons. The number of rotatable bonds is 3. The fourth-order valence-corrected chi connectivity index (χ4v) is 3.44. The molecule has 120 valence electrons. The van der Waals surface area contributed by atoms with Gasteiger partial charge in [0.05, 0.1) is 11.6 Å². The summed E-state index contributed by atoms with van der Waals surface area (Å²) < 4.78 is 0. The van der Waals surface area contributed by atoms with Crippen molar-refractivity contribution in [3.05, 3.63) is 77.0 Å². The van der Waals surface area contributed by atoms with Gasteiger partial charge in [-0.3, -0.25) is 0 Å². The number of aliphatic carboxylic acids is 1. The first-order chi connectivity index (χ1) is 11.7. The molecule has 1 atom stereocenters. The van der Waals surface area contributed by atoms with Gasteiger partial charge in [0, 0.05) is 23.1 Å². The number of benzene rings is 2. The molecule has 24 heavy (non-hydrogen) atoms. The SMILES string of the molecule is O=C(O)C(=Cc1ccccc1)C1NCCc2c1[nH]c1ccccc21. The zero-order valence-electron chi connectivity index (χ0n) is 13.1. The van der Waals surface area contributed by atoms with E-state index in [0.29, 0.717) is 5.57 Å². The number of carbonyl (C=O) groups is 1.